The Hall–Kier alpha value is -3.33. The number of hydrogen-bond donors (Lipinski definition) is 0. The smallest absolute Gasteiger partial charge is 0.335 e. The Bertz CT molecular complexity index is 772. The maximum Gasteiger partial charge on any atom is 0.335 e. The van der Waals surface area contributed by atoms with Gasteiger partial charge >= 0.3 is 5.97 Å². The SMILES string of the molecule is C=CC(=O)Oc1ccc(N(c2ccccc2)c2ccccc2)cc1. The number of anilines is 3. The maximum atomic E-state index is 11.3. The highest BCUT2D eigenvalue weighted by Crippen LogP contribution is 2.34. The van der Waals surface area contributed by atoms with E-state index in [1.165, 1.54) is 0 Å². The van der Waals surface area contributed by atoms with E-state index in [1.807, 2.05) is 48.5 Å². The number of esters is 1. The number of rotatable bonds is 5. The predicted octanol–water partition coefficient (Wildman–Crippen LogP) is 5.25. The van der Waals surface area contributed by atoms with E-state index in [4.69, 9.17) is 4.74 Å². The second-order valence-corrected chi connectivity index (χ2v) is 5.13. The third kappa shape index (κ3) is 3.52. The Morgan fingerprint density at radius 3 is 1.67 bits per heavy atom. The van der Waals surface area contributed by atoms with E-state index in [0.29, 0.717) is 5.75 Å². The minimum absolute atomic E-state index is 0.467. The Kier molecular flexibility index (Phi) is 4.73. The van der Waals surface area contributed by atoms with Crippen molar-refractivity contribution in [2.45, 2.75) is 0 Å². The van der Waals surface area contributed by atoms with Crippen LogP contribution in [-0.4, -0.2) is 5.97 Å². The molecule has 3 aromatic rings. The molecule has 0 bridgehead atoms. The summed E-state index contributed by atoms with van der Waals surface area (Å²) in [6.07, 6.45) is 1.15. The zero-order chi connectivity index (χ0) is 16.8. The fraction of sp³-hybridized carbons (Fsp3) is 0. The van der Waals surface area contributed by atoms with Crippen molar-refractivity contribution in [3.63, 3.8) is 0 Å². The summed E-state index contributed by atoms with van der Waals surface area (Å²) >= 11 is 0. The second-order valence-electron chi connectivity index (χ2n) is 5.13. The molecule has 0 aliphatic heterocycles. The Morgan fingerprint density at radius 1 is 0.750 bits per heavy atom. The van der Waals surface area contributed by atoms with Crippen LogP contribution in [0.25, 0.3) is 0 Å². The van der Waals surface area contributed by atoms with Gasteiger partial charge in [0.2, 0.25) is 0 Å². The van der Waals surface area contributed by atoms with Crippen molar-refractivity contribution in [1.82, 2.24) is 0 Å². The monoisotopic (exact) mass is 315 g/mol. The molecule has 3 heteroatoms. The van der Waals surface area contributed by atoms with Gasteiger partial charge in [0.1, 0.15) is 5.75 Å². The molecule has 0 radical (unpaired) electrons. The highest BCUT2D eigenvalue weighted by Gasteiger charge is 2.11. The molecule has 0 aromatic heterocycles. The maximum absolute atomic E-state index is 11.3. The molecule has 0 unspecified atom stereocenters. The molecule has 0 heterocycles. The van der Waals surface area contributed by atoms with Crippen molar-refractivity contribution < 1.29 is 9.53 Å². The largest absolute Gasteiger partial charge is 0.423 e. The zero-order valence-electron chi connectivity index (χ0n) is 13.1. The van der Waals surface area contributed by atoms with Gasteiger partial charge in [0.25, 0.3) is 0 Å². The lowest BCUT2D eigenvalue weighted by molar-refractivity contribution is -0.128. The summed E-state index contributed by atoms with van der Waals surface area (Å²) in [5.74, 6) is 0.0236. The molecule has 0 saturated carbocycles. The normalized spacial score (nSPS) is 10.0. The third-order valence-electron chi connectivity index (χ3n) is 3.51. The van der Waals surface area contributed by atoms with Crippen LogP contribution in [0.15, 0.2) is 97.6 Å². The van der Waals surface area contributed by atoms with Crippen molar-refractivity contribution in [1.29, 1.82) is 0 Å². The first-order chi connectivity index (χ1) is 11.8. The second kappa shape index (κ2) is 7.29. The van der Waals surface area contributed by atoms with Gasteiger partial charge < -0.3 is 9.64 Å². The van der Waals surface area contributed by atoms with Crippen LogP contribution in [0.5, 0.6) is 5.75 Å². The number of benzene rings is 3. The van der Waals surface area contributed by atoms with Gasteiger partial charge in [-0.05, 0) is 48.5 Å². The molecule has 0 saturated heterocycles. The van der Waals surface area contributed by atoms with Crippen molar-refractivity contribution >= 4 is 23.0 Å². The van der Waals surface area contributed by atoms with Gasteiger partial charge in [-0.25, -0.2) is 4.79 Å². The van der Waals surface area contributed by atoms with Crippen LogP contribution in [0.4, 0.5) is 17.1 Å². The number of carbonyl (C=O) groups excluding carboxylic acids is 1. The molecule has 0 aliphatic carbocycles. The van der Waals surface area contributed by atoms with Gasteiger partial charge in [0.05, 0.1) is 0 Å². The van der Waals surface area contributed by atoms with Crippen molar-refractivity contribution in [3.05, 3.63) is 97.6 Å². The van der Waals surface area contributed by atoms with Crippen LogP contribution in [0.2, 0.25) is 0 Å². The average molecular weight is 315 g/mol. The fourth-order valence-corrected chi connectivity index (χ4v) is 2.42. The number of nitrogens with zero attached hydrogens (tertiary/aromatic N) is 1. The molecule has 0 amide bonds. The van der Waals surface area contributed by atoms with Crippen LogP contribution in [0.1, 0.15) is 0 Å². The summed E-state index contributed by atoms with van der Waals surface area (Å²) in [4.78, 5) is 13.4. The van der Waals surface area contributed by atoms with Crippen LogP contribution in [0, 0.1) is 0 Å². The molecule has 24 heavy (non-hydrogen) atoms. The minimum atomic E-state index is -0.467. The van der Waals surface area contributed by atoms with Gasteiger partial charge in [0.15, 0.2) is 0 Å². The number of ether oxygens (including phenoxy) is 1. The molecule has 3 nitrogen and oxygen atoms in total. The van der Waals surface area contributed by atoms with Crippen LogP contribution in [0.3, 0.4) is 0 Å². The summed E-state index contributed by atoms with van der Waals surface area (Å²) in [5, 5.41) is 0. The Labute approximate surface area is 141 Å². The minimum Gasteiger partial charge on any atom is -0.423 e. The summed E-state index contributed by atoms with van der Waals surface area (Å²) in [6, 6.07) is 27.6. The number of hydrogen-bond acceptors (Lipinski definition) is 3. The first-order valence-corrected chi connectivity index (χ1v) is 7.62. The standard InChI is InChI=1S/C21H17NO2/c1-2-21(23)24-20-15-13-19(14-16-20)22(17-9-5-3-6-10-17)18-11-7-4-8-12-18/h2-16H,1H2. The fourth-order valence-electron chi connectivity index (χ4n) is 2.42. The van der Waals surface area contributed by atoms with E-state index in [2.05, 4.69) is 35.7 Å². The van der Waals surface area contributed by atoms with Gasteiger partial charge in [-0.3, -0.25) is 0 Å². The number of carbonyl (C=O) groups is 1. The summed E-state index contributed by atoms with van der Waals surface area (Å²) in [5.41, 5.74) is 3.09. The van der Waals surface area contributed by atoms with Crippen LogP contribution >= 0.6 is 0 Å². The third-order valence-corrected chi connectivity index (χ3v) is 3.51. The predicted molar refractivity (Wildman–Crippen MR) is 97.0 cm³/mol. The van der Waals surface area contributed by atoms with Gasteiger partial charge in [0, 0.05) is 23.1 Å². The van der Waals surface area contributed by atoms with Crippen molar-refractivity contribution in [3.8, 4) is 5.75 Å². The lowest BCUT2D eigenvalue weighted by atomic mass is 10.2. The first kappa shape index (κ1) is 15.6. The molecular formula is C21H17NO2. The Balaban J connectivity index is 1.97. The van der Waals surface area contributed by atoms with Gasteiger partial charge in [-0.15, -0.1) is 0 Å². The number of para-hydroxylation sites is 2. The zero-order valence-corrected chi connectivity index (χ0v) is 13.1. The quantitative estimate of drug-likeness (QED) is 0.366. The molecule has 3 aromatic carbocycles. The van der Waals surface area contributed by atoms with E-state index in [0.717, 1.165) is 23.1 Å². The molecule has 0 fully saturated rings. The average Bonchev–Trinajstić information content (AvgIpc) is 2.65. The highest BCUT2D eigenvalue weighted by atomic mass is 16.5. The molecular weight excluding hydrogens is 298 g/mol. The molecule has 0 spiro atoms. The van der Waals surface area contributed by atoms with Gasteiger partial charge in [-0.1, -0.05) is 43.0 Å². The van der Waals surface area contributed by atoms with Crippen LogP contribution < -0.4 is 9.64 Å². The summed E-state index contributed by atoms with van der Waals surface area (Å²) in [6.45, 7) is 3.40. The van der Waals surface area contributed by atoms with E-state index in [9.17, 15) is 4.79 Å². The van der Waals surface area contributed by atoms with Crippen LogP contribution in [-0.2, 0) is 4.79 Å². The topological polar surface area (TPSA) is 29.5 Å². The molecule has 0 N–H and O–H groups in total. The highest BCUT2D eigenvalue weighted by molar-refractivity contribution is 5.83. The summed E-state index contributed by atoms with van der Waals surface area (Å²) < 4.78 is 5.13. The van der Waals surface area contributed by atoms with Gasteiger partial charge in [-0.2, -0.15) is 0 Å². The summed E-state index contributed by atoms with van der Waals surface area (Å²) in [7, 11) is 0. The Morgan fingerprint density at radius 2 is 1.21 bits per heavy atom. The molecule has 0 atom stereocenters. The van der Waals surface area contributed by atoms with E-state index < -0.39 is 5.97 Å². The molecule has 118 valence electrons. The van der Waals surface area contributed by atoms with E-state index in [-0.39, 0.29) is 0 Å². The molecule has 3 rings (SSSR count). The van der Waals surface area contributed by atoms with Crippen molar-refractivity contribution in [2.75, 3.05) is 4.90 Å². The lowest BCUT2D eigenvalue weighted by Gasteiger charge is -2.25. The lowest BCUT2D eigenvalue weighted by Crippen LogP contribution is -2.09. The van der Waals surface area contributed by atoms with E-state index >= 15 is 0 Å². The van der Waals surface area contributed by atoms with Crippen molar-refractivity contribution in [2.24, 2.45) is 0 Å². The van der Waals surface area contributed by atoms with E-state index in [1.54, 1.807) is 12.1 Å². The molecule has 0 aliphatic rings. The first-order valence-electron chi connectivity index (χ1n) is 7.62.